The lowest BCUT2D eigenvalue weighted by molar-refractivity contribution is -0.394. The molecule has 0 aliphatic heterocycles. The molecule has 1 aromatic carbocycles. The quantitative estimate of drug-likeness (QED) is 0.111. The van der Waals surface area contributed by atoms with Crippen LogP contribution in [0.2, 0.25) is 0 Å². The molecule has 0 spiro atoms. The van der Waals surface area contributed by atoms with Crippen molar-refractivity contribution >= 4 is 55.7 Å². The van der Waals surface area contributed by atoms with Gasteiger partial charge in [-0.3, -0.25) is 24.4 Å². The Morgan fingerprint density at radius 2 is 1.85 bits per heavy atom. The lowest BCUT2D eigenvalue weighted by atomic mass is 10.1. The van der Waals surface area contributed by atoms with Gasteiger partial charge in [0.2, 0.25) is 5.56 Å². The molecular formula is C13H16IN3O9S. The standard InChI is InChI=1S/C13H16IN3O9S/c1-25-13(18)11-9(16(19)20)3-4-10(12(11)17(21)22)15(6-5-14)7-8-26-27(2,23)24/h3-4H,5-8H2,1-2H3. The van der Waals surface area contributed by atoms with Crippen molar-refractivity contribution < 1.29 is 32.0 Å². The van der Waals surface area contributed by atoms with Gasteiger partial charge in [0.05, 0.1) is 29.8 Å². The lowest BCUT2D eigenvalue weighted by Gasteiger charge is -2.23. The summed E-state index contributed by atoms with van der Waals surface area (Å²) in [6.45, 7) is -0.112. The van der Waals surface area contributed by atoms with Crippen molar-refractivity contribution in [3.05, 3.63) is 37.9 Å². The summed E-state index contributed by atoms with van der Waals surface area (Å²) < 4.78 is 31.8. The van der Waals surface area contributed by atoms with Crippen LogP contribution < -0.4 is 4.90 Å². The number of methoxy groups -OCH3 is 1. The maximum Gasteiger partial charge on any atom is 0.352 e. The predicted octanol–water partition coefficient (Wildman–Crippen LogP) is 1.51. The highest BCUT2D eigenvalue weighted by Crippen LogP contribution is 2.38. The zero-order valence-electron chi connectivity index (χ0n) is 14.3. The molecule has 0 saturated carbocycles. The molecule has 0 unspecified atom stereocenters. The van der Waals surface area contributed by atoms with Crippen molar-refractivity contribution in [2.24, 2.45) is 0 Å². The van der Waals surface area contributed by atoms with Crippen LogP contribution >= 0.6 is 22.6 Å². The van der Waals surface area contributed by atoms with Crippen LogP contribution in [0.15, 0.2) is 12.1 Å². The number of hydrogen-bond donors (Lipinski definition) is 0. The van der Waals surface area contributed by atoms with E-state index in [2.05, 4.69) is 8.92 Å². The largest absolute Gasteiger partial charge is 0.465 e. The molecule has 0 amide bonds. The minimum Gasteiger partial charge on any atom is -0.465 e. The number of carbonyl (C=O) groups is 1. The maximum absolute atomic E-state index is 12.0. The molecule has 0 bridgehead atoms. The summed E-state index contributed by atoms with van der Waals surface area (Å²) in [5.74, 6) is -1.22. The molecule has 0 radical (unpaired) electrons. The van der Waals surface area contributed by atoms with Crippen molar-refractivity contribution in [3.8, 4) is 0 Å². The zero-order chi connectivity index (χ0) is 20.8. The summed E-state index contributed by atoms with van der Waals surface area (Å²) in [5.41, 5.74) is -2.42. The minimum absolute atomic E-state index is 0.0602. The average molecular weight is 517 g/mol. The van der Waals surface area contributed by atoms with Gasteiger partial charge in [-0.1, -0.05) is 22.6 Å². The topological polar surface area (TPSA) is 159 Å². The maximum atomic E-state index is 12.0. The van der Waals surface area contributed by atoms with E-state index in [0.717, 1.165) is 25.5 Å². The second kappa shape index (κ2) is 9.75. The van der Waals surface area contributed by atoms with Crippen molar-refractivity contribution in [1.29, 1.82) is 0 Å². The summed E-state index contributed by atoms with van der Waals surface area (Å²) >= 11 is 2.00. The first-order valence-corrected chi connectivity index (χ1v) is 10.6. The van der Waals surface area contributed by atoms with E-state index in [9.17, 15) is 33.4 Å². The molecule has 1 aromatic rings. The fourth-order valence-corrected chi connectivity index (χ4v) is 3.18. The van der Waals surface area contributed by atoms with E-state index < -0.39 is 42.9 Å². The first kappa shape index (κ1) is 23.0. The number of nitrogens with zero attached hydrogens (tertiary/aromatic N) is 3. The fourth-order valence-electron chi connectivity index (χ4n) is 2.22. The van der Waals surface area contributed by atoms with Crippen molar-refractivity contribution in [1.82, 2.24) is 0 Å². The van der Waals surface area contributed by atoms with Crippen LogP contribution in [0.1, 0.15) is 10.4 Å². The van der Waals surface area contributed by atoms with Crippen LogP contribution in [-0.2, 0) is 19.0 Å². The summed E-state index contributed by atoms with van der Waals surface area (Å²) in [4.78, 5) is 34.3. The minimum atomic E-state index is -3.71. The second-order valence-corrected chi connectivity index (χ2v) is 7.76. The van der Waals surface area contributed by atoms with Gasteiger partial charge in [0.25, 0.3) is 15.8 Å². The highest BCUT2D eigenvalue weighted by molar-refractivity contribution is 14.1. The number of anilines is 1. The van der Waals surface area contributed by atoms with E-state index >= 15 is 0 Å². The van der Waals surface area contributed by atoms with Crippen LogP contribution in [0.25, 0.3) is 0 Å². The summed E-state index contributed by atoms with van der Waals surface area (Å²) in [5, 5.41) is 22.8. The fraction of sp³-hybridized carbons (Fsp3) is 0.462. The monoisotopic (exact) mass is 517 g/mol. The summed E-state index contributed by atoms with van der Waals surface area (Å²) in [7, 11) is -2.76. The predicted molar refractivity (Wildman–Crippen MR) is 103 cm³/mol. The van der Waals surface area contributed by atoms with Crippen LogP contribution in [0.5, 0.6) is 0 Å². The van der Waals surface area contributed by atoms with Crippen LogP contribution in [-0.4, -0.2) is 61.7 Å². The van der Waals surface area contributed by atoms with Gasteiger partial charge < -0.3 is 9.64 Å². The number of halogens is 1. The highest BCUT2D eigenvalue weighted by Gasteiger charge is 2.36. The second-order valence-electron chi connectivity index (χ2n) is 5.04. The van der Waals surface area contributed by atoms with Gasteiger partial charge in [-0.2, -0.15) is 8.42 Å². The van der Waals surface area contributed by atoms with E-state index in [-0.39, 0.29) is 25.4 Å². The molecule has 0 fully saturated rings. The summed E-state index contributed by atoms with van der Waals surface area (Å²) in [6.07, 6.45) is 0.860. The Hall–Kier alpha value is -2.07. The van der Waals surface area contributed by atoms with Crippen LogP contribution in [0, 0.1) is 20.2 Å². The van der Waals surface area contributed by atoms with Gasteiger partial charge in [-0.25, -0.2) is 4.79 Å². The third-order valence-corrected chi connectivity index (χ3v) is 4.33. The van der Waals surface area contributed by atoms with E-state index in [1.54, 1.807) is 0 Å². The van der Waals surface area contributed by atoms with Crippen molar-refractivity contribution in [3.63, 3.8) is 0 Å². The van der Waals surface area contributed by atoms with Crippen LogP contribution in [0.4, 0.5) is 17.1 Å². The summed E-state index contributed by atoms with van der Waals surface area (Å²) in [6, 6.07) is 2.10. The molecule has 0 atom stereocenters. The van der Waals surface area contributed by atoms with Gasteiger partial charge in [0, 0.05) is 23.6 Å². The Morgan fingerprint density at radius 1 is 1.22 bits per heavy atom. The zero-order valence-corrected chi connectivity index (χ0v) is 17.3. The lowest BCUT2D eigenvalue weighted by Crippen LogP contribution is -2.31. The van der Waals surface area contributed by atoms with Crippen molar-refractivity contribution in [2.75, 3.05) is 42.4 Å². The van der Waals surface area contributed by atoms with Gasteiger partial charge in [0.1, 0.15) is 5.69 Å². The molecule has 0 heterocycles. The number of alkyl halides is 1. The van der Waals surface area contributed by atoms with Gasteiger partial charge in [0.15, 0.2) is 0 Å². The molecule has 27 heavy (non-hydrogen) atoms. The van der Waals surface area contributed by atoms with Gasteiger partial charge in [-0.05, 0) is 6.07 Å². The third kappa shape index (κ3) is 6.24. The smallest absolute Gasteiger partial charge is 0.352 e. The molecule has 0 saturated heterocycles. The van der Waals surface area contributed by atoms with Gasteiger partial charge >= 0.3 is 11.7 Å². The van der Waals surface area contributed by atoms with Crippen molar-refractivity contribution in [2.45, 2.75) is 0 Å². The number of esters is 1. The molecule has 0 aliphatic carbocycles. The molecule has 0 N–H and O–H groups in total. The molecule has 1 rings (SSSR count). The molecule has 12 nitrogen and oxygen atoms in total. The number of ether oxygens (including phenoxy) is 1. The Bertz CT molecular complexity index is 844. The first-order valence-electron chi connectivity index (χ1n) is 7.22. The number of rotatable bonds is 10. The van der Waals surface area contributed by atoms with E-state index in [4.69, 9.17) is 0 Å². The number of nitro groups is 2. The van der Waals surface area contributed by atoms with E-state index in [1.165, 1.54) is 4.90 Å². The molecule has 0 aromatic heterocycles. The molecule has 150 valence electrons. The number of carbonyl (C=O) groups excluding carboxylic acids is 1. The van der Waals surface area contributed by atoms with E-state index in [0.29, 0.717) is 4.43 Å². The van der Waals surface area contributed by atoms with Crippen LogP contribution in [0.3, 0.4) is 0 Å². The molecular weight excluding hydrogens is 501 g/mol. The number of hydrogen-bond acceptors (Lipinski definition) is 10. The van der Waals surface area contributed by atoms with E-state index in [1.807, 2.05) is 22.6 Å². The third-order valence-electron chi connectivity index (χ3n) is 3.26. The Morgan fingerprint density at radius 3 is 2.30 bits per heavy atom. The molecule has 14 heteroatoms. The Kier molecular flexibility index (Phi) is 8.29. The van der Waals surface area contributed by atoms with Gasteiger partial charge in [-0.15, -0.1) is 0 Å². The Balaban J connectivity index is 3.51. The molecule has 0 aliphatic rings. The highest BCUT2D eigenvalue weighted by atomic mass is 127. The first-order chi connectivity index (χ1) is 12.5. The SMILES string of the molecule is COC(=O)c1c([N+](=O)[O-])ccc(N(CCI)CCOS(C)(=O)=O)c1[N+](=O)[O-]. The normalized spacial score (nSPS) is 11.1. The Labute approximate surface area is 168 Å². The average Bonchev–Trinajstić information content (AvgIpc) is 2.57. The number of benzene rings is 1. The number of nitro benzene ring substituents is 2.